The zero-order valence-electron chi connectivity index (χ0n) is 8.21. The lowest BCUT2D eigenvalue weighted by atomic mass is 9.89. The van der Waals surface area contributed by atoms with Gasteiger partial charge in [-0.15, -0.1) is 0 Å². The van der Waals surface area contributed by atoms with Crippen LogP contribution in [0.1, 0.15) is 32.6 Å². The Morgan fingerprint density at radius 3 is 2.69 bits per heavy atom. The first-order valence-corrected chi connectivity index (χ1v) is 4.83. The van der Waals surface area contributed by atoms with E-state index in [1.807, 2.05) is 0 Å². The minimum atomic E-state index is 0.251. The highest BCUT2D eigenvalue weighted by Gasteiger charge is 2.27. The summed E-state index contributed by atoms with van der Waals surface area (Å²) in [6.45, 7) is 3.73. The van der Waals surface area contributed by atoms with E-state index in [0.29, 0.717) is 12.0 Å². The Morgan fingerprint density at radius 2 is 2.15 bits per heavy atom. The fourth-order valence-corrected chi connectivity index (χ4v) is 1.93. The van der Waals surface area contributed by atoms with Crippen LogP contribution in [-0.4, -0.2) is 24.1 Å². The van der Waals surface area contributed by atoms with Crippen molar-refractivity contribution in [3.63, 3.8) is 0 Å². The van der Waals surface area contributed by atoms with Crippen molar-refractivity contribution in [1.29, 1.82) is 0 Å². The van der Waals surface area contributed by atoms with Gasteiger partial charge in [0.05, 0.1) is 6.54 Å². The molecule has 1 aliphatic rings. The van der Waals surface area contributed by atoms with E-state index in [1.54, 1.807) is 0 Å². The minimum absolute atomic E-state index is 0.251. The second-order valence-corrected chi connectivity index (χ2v) is 4.21. The quantitative estimate of drug-likeness (QED) is 0.264. The molecule has 0 aliphatic heterocycles. The summed E-state index contributed by atoms with van der Waals surface area (Å²) in [7, 11) is 0. The fraction of sp³-hybridized carbons (Fsp3) is 0.889. The second kappa shape index (κ2) is 4.46. The van der Waals surface area contributed by atoms with Crippen LogP contribution in [0.2, 0.25) is 0 Å². The zero-order chi connectivity index (χ0) is 9.73. The van der Waals surface area contributed by atoms with Gasteiger partial charge in [-0.05, 0) is 18.3 Å². The molecular formula is C9H19N3O. The van der Waals surface area contributed by atoms with E-state index in [-0.39, 0.29) is 5.84 Å². The van der Waals surface area contributed by atoms with E-state index in [1.165, 1.54) is 25.7 Å². The summed E-state index contributed by atoms with van der Waals surface area (Å²) in [6.07, 6.45) is 5.25. The van der Waals surface area contributed by atoms with Crippen LogP contribution in [-0.2, 0) is 0 Å². The average Bonchev–Trinajstić information content (AvgIpc) is 2.52. The van der Waals surface area contributed by atoms with Crippen LogP contribution in [0.15, 0.2) is 5.16 Å². The molecule has 0 atom stereocenters. The molecule has 0 heterocycles. The lowest BCUT2D eigenvalue weighted by Crippen LogP contribution is -2.35. The number of nitrogens with one attached hydrogen (secondary N) is 1. The van der Waals surface area contributed by atoms with Gasteiger partial charge in [0.15, 0.2) is 5.84 Å². The van der Waals surface area contributed by atoms with Gasteiger partial charge < -0.3 is 16.3 Å². The highest BCUT2D eigenvalue weighted by molar-refractivity contribution is 5.81. The second-order valence-electron chi connectivity index (χ2n) is 4.21. The van der Waals surface area contributed by atoms with Crippen LogP contribution < -0.4 is 11.1 Å². The smallest absolute Gasteiger partial charge is 0.153 e. The first kappa shape index (κ1) is 10.3. The van der Waals surface area contributed by atoms with Gasteiger partial charge in [0, 0.05) is 6.54 Å². The average molecular weight is 185 g/mol. The van der Waals surface area contributed by atoms with Gasteiger partial charge >= 0.3 is 0 Å². The molecular weight excluding hydrogens is 166 g/mol. The van der Waals surface area contributed by atoms with Crippen molar-refractivity contribution < 1.29 is 5.21 Å². The minimum Gasteiger partial charge on any atom is -0.409 e. The molecule has 1 saturated carbocycles. The summed E-state index contributed by atoms with van der Waals surface area (Å²) in [4.78, 5) is 0. The number of hydrogen-bond donors (Lipinski definition) is 3. The first-order chi connectivity index (χ1) is 6.16. The Morgan fingerprint density at radius 1 is 1.54 bits per heavy atom. The van der Waals surface area contributed by atoms with Crippen molar-refractivity contribution in [2.45, 2.75) is 32.6 Å². The molecule has 76 valence electrons. The molecule has 0 radical (unpaired) electrons. The Kier molecular flexibility index (Phi) is 3.54. The van der Waals surface area contributed by atoms with Crippen molar-refractivity contribution in [3.05, 3.63) is 0 Å². The van der Waals surface area contributed by atoms with Crippen molar-refractivity contribution in [1.82, 2.24) is 5.32 Å². The van der Waals surface area contributed by atoms with Crippen LogP contribution in [0.5, 0.6) is 0 Å². The summed E-state index contributed by atoms with van der Waals surface area (Å²) < 4.78 is 0. The lowest BCUT2D eigenvalue weighted by molar-refractivity contribution is 0.310. The molecule has 13 heavy (non-hydrogen) atoms. The number of rotatable bonds is 4. The highest BCUT2D eigenvalue weighted by atomic mass is 16.4. The number of amidine groups is 1. The topological polar surface area (TPSA) is 70.6 Å². The maximum Gasteiger partial charge on any atom is 0.153 e. The van der Waals surface area contributed by atoms with Crippen LogP contribution in [0.25, 0.3) is 0 Å². The van der Waals surface area contributed by atoms with Crippen molar-refractivity contribution in [3.8, 4) is 0 Å². The normalized spacial score (nSPS) is 22.1. The van der Waals surface area contributed by atoms with Crippen molar-refractivity contribution >= 4 is 5.84 Å². The third-order valence-corrected chi connectivity index (χ3v) is 2.80. The van der Waals surface area contributed by atoms with E-state index in [2.05, 4.69) is 17.4 Å². The van der Waals surface area contributed by atoms with Gasteiger partial charge in [0.2, 0.25) is 0 Å². The molecule has 4 heteroatoms. The number of oxime groups is 1. The van der Waals surface area contributed by atoms with E-state index in [4.69, 9.17) is 10.9 Å². The molecule has 0 spiro atoms. The Hall–Kier alpha value is -0.770. The van der Waals surface area contributed by atoms with Crippen LogP contribution >= 0.6 is 0 Å². The SMILES string of the molecule is CC1(CNCC(N)=NO)CCCC1. The van der Waals surface area contributed by atoms with Crippen molar-refractivity contribution in [2.24, 2.45) is 16.3 Å². The fourth-order valence-electron chi connectivity index (χ4n) is 1.93. The lowest BCUT2D eigenvalue weighted by Gasteiger charge is -2.23. The van der Waals surface area contributed by atoms with Crippen molar-refractivity contribution in [2.75, 3.05) is 13.1 Å². The van der Waals surface area contributed by atoms with Gasteiger partial charge in [0.1, 0.15) is 0 Å². The largest absolute Gasteiger partial charge is 0.409 e. The maximum absolute atomic E-state index is 8.31. The van der Waals surface area contributed by atoms with Gasteiger partial charge in [-0.2, -0.15) is 0 Å². The van der Waals surface area contributed by atoms with Crippen LogP contribution in [0.3, 0.4) is 0 Å². The van der Waals surface area contributed by atoms with Gasteiger partial charge in [0.25, 0.3) is 0 Å². The standard InChI is InChI=1S/C9H19N3O/c1-9(4-2-3-5-9)7-11-6-8(10)12-13/h11,13H,2-7H2,1H3,(H2,10,12). The van der Waals surface area contributed by atoms with E-state index >= 15 is 0 Å². The Bertz CT molecular complexity index is 185. The molecule has 0 amide bonds. The molecule has 0 aromatic heterocycles. The molecule has 4 N–H and O–H groups in total. The first-order valence-electron chi connectivity index (χ1n) is 4.83. The van der Waals surface area contributed by atoms with E-state index in [9.17, 15) is 0 Å². The molecule has 1 aliphatic carbocycles. The van der Waals surface area contributed by atoms with Gasteiger partial charge in [-0.25, -0.2) is 0 Å². The molecule has 0 aromatic rings. The zero-order valence-corrected chi connectivity index (χ0v) is 8.21. The molecule has 0 aromatic carbocycles. The van der Waals surface area contributed by atoms with E-state index < -0.39 is 0 Å². The summed E-state index contributed by atoms with van der Waals surface area (Å²) in [6, 6.07) is 0. The molecule has 0 bridgehead atoms. The number of nitrogens with zero attached hydrogens (tertiary/aromatic N) is 1. The number of nitrogens with two attached hydrogens (primary N) is 1. The predicted molar refractivity (Wildman–Crippen MR) is 52.9 cm³/mol. The summed E-state index contributed by atoms with van der Waals surface area (Å²) in [5.41, 5.74) is 5.76. The highest BCUT2D eigenvalue weighted by Crippen LogP contribution is 2.36. The Labute approximate surface area is 79.2 Å². The number of hydrogen-bond acceptors (Lipinski definition) is 3. The Balaban J connectivity index is 2.18. The van der Waals surface area contributed by atoms with Gasteiger partial charge in [-0.1, -0.05) is 24.9 Å². The monoisotopic (exact) mass is 185 g/mol. The summed E-state index contributed by atoms with van der Waals surface area (Å²) in [5.74, 6) is 0.251. The molecule has 4 nitrogen and oxygen atoms in total. The maximum atomic E-state index is 8.31. The molecule has 1 rings (SSSR count). The summed E-state index contributed by atoms with van der Waals surface area (Å²) in [5, 5.41) is 14.4. The van der Waals surface area contributed by atoms with E-state index in [0.717, 1.165) is 6.54 Å². The molecule has 1 fully saturated rings. The van der Waals surface area contributed by atoms with Crippen LogP contribution in [0, 0.1) is 5.41 Å². The van der Waals surface area contributed by atoms with Crippen LogP contribution in [0.4, 0.5) is 0 Å². The predicted octanol–water partition coefficient (Wildman–Crippen LogP) is 0.903. The summed E-state index contributed by atoms with van der Waals surface area (Å²) >= 11 is 0. The third-order valence-electron chi connectivity index (χ3n) is 2.80. The molecule has 0 saturated heterocycles. The third kappa shape index (κ3) is 3.22. The molecule has 0 unspecified atom stereocenters. The van der Waals surface area contributed by atoms with Gasteiger partial charge in [-0.3, -0.25) is 0 Å².